The van der Waals surface area contributed by atoms with Gasteiger partial charge in [0.2, 0.25) is 25.8 Å². The van der Waals surface area contributed by atoms with Crippen LogP contribution in [0, 0.1) is 0 Å². The van der Waals surface area contributed by atoms with Gasteiger partial charge in [-0.05, 0) is 36.4 Å². The number of alkyl halides is 1. The van der Waals surface area contributed by atoms with Crippen molar-refractivity contribution in [3.05, 3.63) is 46.4 Å². The summed E-state index contributed by atoms with van der Waals surface area (Å²) in [6.07, 6.45) is -1.08. The van der Waals surface area contributed by atoms with Crippen LogP contribution in [0.1, 0.15) is 20.8 Å². The van der Waals surface area contributed by atoms with Gasteiger partial charge in [0.25, 0.3) is 0 Å². The second-order valence-corrected chi connectivity index (χ2v) is 13.7. The number of sulfone groups is 1. The molecule has 42 heavy (non-hydrogen) atoms. The van der Waals surface area contributed by atoms with E-state index in [9.17, 15) is 31.2 Å². The van der Waals surface area contributed by atoms with E-state index >= 15 is 0 Å². The van der Waals surface area contributed by atoms with E-state index in [-0.39, 0.29) is 50.4 Å². The van der Waals surface area contributed by atoms with Gasteiger partial charge in [0.05, 0.1) is 38.5 Å². The van der Waals surface area contributed by atoms with E-state index in [2.05, 4.69) is 0 Å². The van der Waals surface area contributed by atoms with Crippen molar-refractivity contribution in [1.82, 2.24) is 4.31 Å². The summed E-state index contributed by atoms with van der Waals surface area (Å²) in [6, 6.07) is 7.46. The Balaban J connectivity index is 2.19. The van der Waals surface area contributed by atoms with Crippen LogP contribution in [0.2, 0.25) is 10.0 Å². The molecule has 0 radical (unpaired) electrons. The van der Waals surface area contributed by atoms with Crippen molar-refractivity contribution in [1.29, 1.82) is 0 Å². The third-order valence-corrected chi connectivity index (χ3v) is 9.09. The van der Waals surface area contributed by atoms with Crippen molar-refractivity contribution in [3.8, 4) is 11.5 Å². The number of amides is 1. The summed E-state index contributed by atoms with van der Waals surface area (Å²) in [5, 5.41) is -0.218. The van der Waals surface area contributed by atoms with Crippen LogP contribution in [-0.2, 0) is 43.7 Å². The van der Waals surface area contributed by atoms with Crippen LogP contribution in [0.3, 0.4) is 0 Å². The highest BCUT2D eigenvalue weighted by molar-refractivity contribution is 7.91. The molecule has 0 spiro atoms. The normalized spacial score (nSPS) is 13.0. The molecule has 2 aromatic rings. The number of nitrogens with zero attached hydrogens (tertiary/aromatic N) is 1. The van der Waals surface area contributed by atoms with Crippen molar-refractivity contribution in [2.45, 2.75) is 42.8 Å². The average molecular weight is 689 g/mol. The van der Waals surface area contributed by atoms with Crippen molar-refractivity contribution in [2.24, 2.45) is 0 Å². The number of sulfonamides is 1. The lowest BCUT2D eigenvalue weighted by Gasteiger charge is -2.24. The van der Waals surface area contributed by atoms with Crippen LogP contribution >= 0.6 is 34.8 Å². The summed E-state index contributed by atoms with van der Waals surface area (Å²) >= 11 is 18.2. The van der Waals surface area contributed by atoms with Gasteiger partial charge in [-0.25, -0.2) is 21.1 Å². The molecule has 0 bridgehead atoms. The van der Waals surface area contributed by atoms with Crippen LogP contribution < -0.4 is 9.47 Å². The second kappa shape index (κ2) is 15.1. The molecule has 0 saturated heterocycles. The van der Waals surface area contributed by atoms with Crippen LogP contribution in [0.25, 0.3) is 0 Å². The molecule has 1 amide bonds. The van der Waals surface area contributed by atoms with E-state index < -0.39 is 56.5 Å². The quantitative estimate of drug-likeness (QED) is 0.211. The van der Waals surface area contributed by atoms with Gasteiger partial charge in [-0.1, -0.05) is 23.2 Å². The Bertz CT molecular complexity index is 1490. The number of esters is 2. The summed E-state index contributed by atoms with van der Waals surface area (Å²) in [5.41, 5.74) is 0. The Morgan fingerprint density at radius 2 is 1.31 bits per heavy atom. The largest absolute Gasteiger partial charge is 0.490 e. The van der Waals surface area contributed by atoms with E-state index in [0.717, 1.165) is 32.2 Å². The molecule has 0 aromatic heterocycles. The van der Waals surface area contributed by atoms with E-state index in [1.54, 1.807) is 0 Å². The van der Waals surface area contributed by atoms with Crippen LogP contribution in [0.5, 0.6) is 11.5 Å². The smallest absolute Gasteiger partial charge is 0.303 e. The summed E-state index contributed by atoms with van der Waals surface area (Å²) in [4.78, 5) is 34.1. The number of rotatable bonds is 14. The first kappa shape index (κ1) is 35.4. The van der Waals surface area contributed by atoms with E-state index in [1.165, 1.54) is 31.2 Å². The van der Waals surface area contributed by atoms with Crippen molar-refractivity contribution in [3.63, 3.8) is 0 Å². The fraction of sp³-hybridized carbons (Fsp3) is 0.400. The molecule has 0 saturated carbocycles. The third-order valence-electron chi connectivity index (χ3n) is 5.22. The van der Waals surface area contributed by atoms with Gasteiger partial charge < -0.3 is 18.9 Å². The number of hydrogen-bond acceptors (Lipinski definition) is 11. The molecular formula is C25H28Cl3NO11S2. The van der Waals surface area contributed by atoms with Gasteiger partial charge in [0.15, 0.2) is 11.9 Å². The number of carbonyl (C=O) groups excluding carboxylic acids is 3. The first-order chi connectivity index (χ1) is 19.4. The SMILES string of the molecule is CC(=O)O[C@@H](CCl)COc1c(Cl)cc(S(=O)(=O)c2ccc(OC[C@@H](CN(C(C)=O)S(C)(=O)=O)OC(C)=O)cc2)cc1Cl. The Labute approximate surface area is 258 Å². The number of carbonyl (C=O) groups is 3. The van der Waals surface area contributed by atoms with Gasteiger partial charge >= 0.3 is 11.9 Å². The van der Waals surface area contributed by atoms with Crippen LogP contribution in [0.15, 0.2) is 46.2 Å². The first-order valence-electron chi connectivity index (χ1n) is 11.9. The number of halogens is 3. The maximum Gasteiger partial charge on any atom is 0.303 e. The van der Waals surface area contributed by atoms with Gasteiger partial charge in [-0.2, -0.15) is 0 Å². The summed E-state index contributed by atoms with van der Waals surface area (Å²) in [5.74, 6) is -1.96. The Kier molecular flexibility index (Phi) is 12.7. The van der Waals surface area contributed by atoms with Crippen LogP contribution in [0.4, 0.5) is 0 Å². The molecule has 17 heteroatoms. The molecule has 0 N–H and O–H groups in total. The highest BCUT2D eigenvalue weighted by Crippen LogP contribution is 2.37. The molecule has 12 nitrogen and oxygen atoms in total. The van der Waals surface area contributed by atoms with Gasteiger partial charge in [0.1, 0.15) is 25.1 Å². The van der Waals surface area contributed by atoms with Crippen molar-refractivity contribution >= 4 is 72.5 Å². The predicted octanol–water partition coefficient (Wildman–Crippen LogP) is 3.49. The minimum atomic E-state index is -4.11. The zero-order valence-corrected chi connectivity index (χ0v) is 26.7. The van der Waals surface area contributed by atoms with Gasteiger partial charge in [0, 0.05) is 20.8 Å². The zero-order valence-electron chi connectivity index (χ0n) is 22.8. The van der Waals surface area contributed by atoms with E-state index in [4.69, 9.17) is 53.8 Å². The lowest BCUT2D eigenvalue weighted by molar-refractivity contribution is -0.149. The summed E-state index contributed by atoms with van der Waals surface area (Å²) in [7, 11) is -8.04. The molecule has 2 aromatic carbocycles. The summed E-state index contributed by atoms with van der Waals surface area (Å²) in [6.45, 7) is 2.40. The Hall–Kier alpha value is -2.78. The number of hydrogen-bond donors (Lipinski definition) is 0. The number of ether oxygens (including phenoxy) is 4. The molecule has 0 heterocycles. The lowest BCUT2D eigenvalue weighted by Crippen LogP contribution is -2.43. The zero-order chi connectivity index (χ0) is 31.8. The van der Waals surface area contributed by atoms with Crippen molar-refractivity contribution in [2.75, 3.05) is 31.9 Å². The maximum atomic E-state index is 13.2. The molecule has 0 unspecified atom stereocenters. The highest BCUT2D eigenvalue weighted by atomic mass is 35.5. The molecule has 0 aliphatic carbocycles. The third kappa shape index (κ3) is 10.2. The van der Waals surface area contributed by atoms with Crippen molar-refractivity contribution < 1.29 is 50.2 Å². The van der Waals surface area contributed by atoms with Crippen LogP contribution in [-0.4, -0.2) is 83.1 Å². The maximum absolute atomic E-state index is 13.2. The minimum absolute atomic E-state index is 0.0233. The van der Waals surface area contributed by atoms with E-state index in [0.29, 0.717) is 4.31 Å². The van der Waals surface area contributed by atoms with Gasteiger partial charge in [-0.3, -0.25) is 14.4 Å². The Morgan fingerprint density at radius 3 is 1.76 bits per heavy atom. The lowest BCUT2D eigenvalue weighted by atomic mass is 10.3. The molecule has 0 aliphatic rings. The first-order valence-corrected chi connectivity index (χ1v) is 16.6. The fourth-order valence-corrected chi connectivity index (χ4v) is 6.53. The molecule has 2 atom stereocenters. The number of benzene rings is 2. The van der Waals surface area contributed by atoms with E-state index in [1.807, 2.05) is 0 Å². The standard InChI is InChI=1S/C25H28Cl3NO11S2/c1-15(30)29(41(4,33)34)12-20(40-17(3)32)14-37-18-5-7-21(8-6-18)42(35,36)22-9-23(27)25(24(28)10-22)38-13-19(11-26)39-16(2)31/h5-10,19-20H,11-14H2,1-4H3/t19-,20+/m0/s1. The Morgan fingerprint density at radius 1 is 0.810 bits per heavy atom. The fourth-order valence-electron chi connectivity index (χ4n) is 3.43. The summed E-state index contributed by atoms with van der Waals surface area (Å²) < 4.78 is 72.0. The molecule has 0 aliphatic heterocycles. The molecule has 0 fully saturated rings. The average Bonchev–Trinajstić information content (AvgIpc) is 2.87. The predicted molar refractivity (Wildman–Crippen MR) is 153 cm³/mol. The molecular weight excluding hydrogens is 661 g/mol. The monoisotopic (exact) mass is 687 g/mol. The minimum Gasteiger partial charge on any atom is -0.490 e. The molecule has 232 valence electrons. The topological polar surface area (TPSA) is 160 Å². The molecule has 2 rings (SSSR count). The highest BCUT2D eigenvalue weighted by Gasteiger charge is 2.27. The second-order valence-electron chi connectivity index (χ2n) is 8.74. The van der Waals surface area contributed by atoms with Gasteiger partial charge in [-0.15, -0.1) is 11.6 Å².